The van der Waals surface area contributed by atoms with Crippen LogP contribution in [0.15, 0.2) is 47.4 Å². The molecule has 0 heterocycles. The predicted molar refractivity (Wildman–Crippen MR) is 70.1 cm³/mol. The molecule has 2 N–H and O–H groups in total. The molecule has 0 aliphatic carbocycles. The van der Waals surface area contributed by atoms with E-state index in [2.05, 4.69) is 4.72 Å². The molecular formula is C13H12FNO3S. The van der Waals surface area contributed by atoms with E-state index in [4.69, 9.17) is 0 Å². The molecule has 0 saturated heterocycles. The van der Waals surface area contributed by atoms with E-state index in [0.29, 0.717) is 5.56 Å². The minimum absolute atomic E-state index is 0.0788. The fraction of sp³-hybridized carbons (Fsp3) is 0.0769. The van der Waals surface area contributed by atoms with Crippen LogP contribution in [0.2, 0.25) is 0 Å². The quantitative estimate of drug-likeness (QED) is 0.909. The zero-order valence-electron chi connectivity index (χ0n) is 10.1. The van der Waals surface area contributed by atoms with Crippen molar-refractivity contribution in [3.8, 4) is 5.75 Å². The number of hydrogen-bond acceptors (Lipinski definition) is 3. The van der Waals surface area contributed by atoms with E-state index in [9.17, 15) is 17.9 Å². The van der Waals surface area contributed by atoms with E-state index in [1.807, 2.05) is 0 Å². The Bertz CT molecular complexity index is 714. The molecule has 0 bridgehead atoms. The topological polar surface area (TPSA) is 66.4 Å². The normalized spacial score (nSPS) is 11.3. The van der Waals surface area contributed by atoms with Crippen LogP contribution in [0.1, 0.15) is 5.56 Å². The van der Waals surface area contributed by atoms with E-state index in [-0.39, 0.29) is 11.4 Å². The standard InChI is InChI=1S/C13H12FNO3S/c1-9-5-6-12(14)13(7-9)19(17,18)15-10-3-2-4-11(16)8-10/h2-8,15-16H,1H3. The first-order valence-corrected chi connectivity index (χ1v) is 6.95. The van der Waals surface area contributed by atoms with Gasteiger partial charge in [-0.25, -0.2) is 12.8 Å². The molecule has 0 amide bonds. The van der Waals surface area contributed by atoms with E-state index >= 15 is 0 Å². The maximum Gasteiger partial charge on any atom is 0.264 e. The van der Waals surface area contributed by atoms with Crippen molar-refractivity contribution < 1.29 is 17.9 Å². The highest BCUT2D eigenvalue weighted by molar-refractivity contribution is 7.92. The lowest BCUT2D eigenvalue weighted by atomic mass is 10.2. The third-order valence-corrected chi connectivity index (χ3v) is 3.87. The van der Waals surface area contributed by atoms with Gasteiger partial charge in [0.05, 0.1) is 5.69 Å². The Labute approximate surface area is 110 Å². The number of sulfonamides is 1. The Morgan fingerprint density at radius 2 is 1.89 bits per heavy atom. The van der Waals surface area contributed by atoms with Crippen LogP contribution in [0.4, 0.5) is 10.1 Å². The summed E-state index contributed by atoms with van der Waals surface area (Å²) in [6.07, 6.45) is 0. The number of rotatable bonds is 3. The number of nitrogens with one attached hydrogen (secondary N) is 1. The van der Waals surface area contributed by atoms with Crippen molar-refractivity contribution in [2.24, 2.45) is 0 Å². The first-order valence-electron chi connectivity index (χ1n) is 5.46. The van der Waals surface area contributed by atoms with Crippen molar-refractivity contribution in [1.82, 2.24) is 0 Å². The van der Waals surface area contributed by atoms with Crippen molar-refractivity contribution >= 4 is 15.7 Å². The fourth-order valence-electron chi connectivity index (χ4n) is 1.60. The van der Waals surface area contributed by atoms with Crippen LogP contribution in [-0.4, -0.2) is 13.5 Å². The number of aryl methyl sites for hydroxylation is 1. The molecule has 0 radical (unpaired) electrons. The maximum atomic E-state index is 13.6. The second-order valence-electron chi connectivity index (χ2n) is 4.09. The molecule has 0 fully saturated rings. The van der Waals surface area contributed by atoms with Crippen molar-refractivity contribution in [1.29, 1.82) is 0 Å². The molecule has 2 aromatic carbocycles. The Kier molecular flexibility index (Phi) is 3.44. The van der Waals surface area contributed by atoms with Gasteiger partial charge < -0.3 is 5.11 Å². The second-order valence-corrected chi connectivity index (χ2v) is 5.74. The Morgan fingerprint density at radius 3 is 2.58 bits per heavy atom. The molecule has 0 aliphatic rings. The Hall–Kier alpha value is -2.08. The van der Waals surface area contributed by atoms with E-state index in [1.165, 1.54) is 36.4 Å². The minimum atomic E-state index is -4.02. The zero-order chi connectivity index (χ0) is 14.0. The number of benzene rings is 2. The van der Waals surface area contributed by atoms with Gasteiger partial charge in [0.25, 0.3) is 10.0 Å². The molecule has 0 spiro atoms. The van der Waals surface area contributed by atoms with Gasteiger partial charge in [-0.1, -0.05) is 12.1 Å². The van der Waals surface area contributed by atoms with Crippen LogP contribution in [-0.2, 0) is 10.0 Å². The SMILES string of the molecule is Cc1ccc(F)c(S(=O)(=O)Nc2cccc(O)c2)c1. The van der Waals surface area contributed by atoms with Crippen molar-refractivity contribution in [2.45, 2.75) is 11.8 Å². The summed E-state index contributed by atoms with van der Waals surface area (Å²) in [4.78, 5) is -0.421. The number of phenols is 1. The first-order chi connectivity index (χ1) is 8.88. The third kappa shape index (κ3) is 3.03. The minimum Gasteiger partial charge on any atom is -0.508 e. The van der Waals surface area contributed by atoms with Gasteiger partial charge >= 0.3 is 0 Å². The van der Waals surface area contributed by atoms with Gasteiger partial charge in [-0.2, -0.15) is 0 Å². The lowest BCUT2D eigenvalue weighted by molar-refractivity contribution is 0.475. The summed E-state index contributed by atoms with van der Waals surface area (Å²) in [6.45, 7) is 1.67. The predicted octanol–water partition coefficient (Wildman–Crippen LogP) is 2.64. The summed E-state index contributed by atoms with van der Waals surface area (Å²) >= 11 is 0. The van der Waals surface area contributed by atoms with E-state index in [0.717, 1.165) is 6.07 Å². The number of halogens is 1. The van der Waals surface area contributed by atoms with Crippen molar-refractivity contribution in [3.63, 3.8) is 0 Å². The molecule has 0 aromatic heterocycles. The summed E-state index contributed by atoms with van der Waals surface area (Å²) in [6, 6.07) is 9.44. The Balaban J connectivity index is 2.40. The average molecular weight is 281 g/mol. The number of hydrogen-bond donors (Lipinski definition) is 2. The van der Waals surface area contributed by atoms with Crippen LogP contribution < -0.4 is 4.72 Å². The van der Waals surface area contributed by atoms with Gasteiger partial charge in [0, 0.05) is 6.07 Å². The summed E-state index contributed by atoms with van der Waals surface area (Å²) in [5, 5.41) is 9.27. The molecule has 6 heteroatoms. The number of aromatic hydroxyl groups is 1. The van der Waals surface area contributed by atoms with Gasteiger partial charge in [-0.05, 0) is 36.8 Å². The van der Waals surface area contributed by atoms with Crippen LogP contribution in [0, 0.1) is 12.7 Å². The molecule has 2 aromatic rings. The number of anilines is 1. The first kappa shape index (κ1) is 13.4. The summed E-state index contributed by atoms with van der Waals surface area (Å²) < 4.78 is 39.9. The van der Waals surface area contributed by atoms with E-state index in [1.54, 1.807) is 6.92 Å². The van der Waals surface area contributed by atoms with Gasteiger partial charge in [-0.3, -0.25) is 4.72 Å². The lowest BCUT2D eigenvalue weighted by Gasteiger charge is -2.09. The van der Waals surface area contributed by atoms with E-state index < -0.39 is 20.7 Å². The summed E-state index contributed by atoms with van der Waals surface area (Å²) in [7, 11) is -4.02. The largest absolute Gasteiger partial charge is 0.508 e. The molecule has 0 atom stereocenters. The van der Waals surface area contributed by atoms with Gasteiger partial charge in [-0.15, -0.1) is 0 Å². The lowest BCUT2D eigenvalue weighted by Crippen LogP contribution is -2.14. The monoisotopic (exact) mass is 281 g/mol. The molecular weight excluding hydrogens is 269 g/mol. The number of phenolic OH excluding ortho intramolecular Hbond substituents is 1. The van der Waals surface area contributed by atoms with Gasteiger partial charge in [0.2, 0.25) is 0 Å². The fourth-order valence-corrected chi connectivity index (χ4v) is 2.81. The molecule has 0 aliphatic heterocycles. The summed E-state index contributed by atoms with van der Waals surface area (Å²) in [5.41, 5.74) is 0.804. The van der Waals surface area contributed by atoms with Gasteiger partial charge in [0.15, 0.2) is 0 Å². The third-order valence-electron chi connectivity index (χ3n) is 2.47. The zero-order valence-corrected chi connectivity index (χ0v) is 10.9. The van der Waals surface area contributed by atoms with Crippen LogP contribution in [0.5, 0.6) is 5.75 Å². The molecule has 19 heavy (non-hydrogen) atoms. The molecule has 4 nitrogen and oxygen atoms in total. The Morgan fingerprint density at radius 1 is 1.16 bits per heavy atom. The van der Waals surface area contributed by atoms with Crippen LogP contribution >= 0.6 is 0 Å². The maximum absolute atomic E-state index is 13.6. The van der Waals surface area contributed by atoms with Crippen LogP contribution in [0.3, 0.4) is 0 Å². The summed E-state index contributed by atoms with van der Waals surface area (Å²) in [5.74, 6) is -0.900. The highest BCUT2D eigenvalue weighted by Crippen LogP contribution is 2.22. The molecule has 0 saturated carbocycles. The average Bonchev–Trinajstić information content (AvgIpc) is 2.31. The van der Waals surface area contributed by atoms with Crippen molar-refractivity contribution in [2.75, 3.05) is 4.72 Å². The van der Waals surface area contributed by atoms with Gasteiger partial charge in [0.1, 0.15) is 16.5 Å². The molecule has 0 unspecified atom stereocenters. The van der Waals surface area contributed by atoms with Crippen LogP contribution in [0.25, 0.3) is 0 Å². The smallest absolute Gasteiger partial charge is 0.264 e. The molecule has 100 valence electrons. The highest BCUT2D eigenvalue weighted by Gasteiger charge is 2.19. The second kappa shape index (κ2) is 4.89. The molecule has 2 rings (SSSR count). The highest BCUT2D eigenvalue weighted by atomic mass is 32.2. The van der Waals surface area contributed by atoms with Crippen molar-refractivity contribution in [3.05, 3.63) is 53.8 Å².